The van der Waals surface area contributed by atoms with Crippen LogP contribution in [0.2, 0.25) is 0 Å². The molecule has 0 unspecified atom stereocenters. The van der Waals surface area contributed by atoms with Crippen molar-refractivity contribution in [3.05, 3.63) is 0 Å². The summed E-state index contributed by atoms with van der Waals surface area (Å²) in [6, 6.07) is 0. The molecule has 0 bridgehead atoms. The van der Waals surface area contributed by atoms with Crippen LogP contribution in [0, 0.1) is 0 Å². The first-order valence-corrected chi connectivity index (χ1v) is 22.3. The van der Waals surface area contributed by atoms with Crippen LogP contribution in [0.1, 0.15) is 183 Å². The topological polar surface area (TPSA) is 122 Å². The van der Waals surface area contributed by atoms with Crippen molar-refractivity contribution in [1.82, 2.24) is 10.2 Å². The molecule has 0 saturated heterocycles. The standard InChI is InChI=1S/C42H82N2O9.C2H6/c1-7-9-11-13-16-20-24-38(25-21-17-14-12-10-8-2)52-40(46)26-22-18-15-19-23-29-44(6)39(45)27-30-48-32-34-50-36-37-51-35-33-49-31-28-43-41(47)53-42(3,4)5;1-2/h38H,7-37H2,1-6H3,(H,43,47);1-2H3. The first kappa shape index (κ1) is 55.1. The fourth-order valence-electron chi connectivity index (χ4n) is 5.74. The van der Waals surface area contributed by atoms with Crippen molar-refractivity contribution in [2.24, 2.45) is 0 Å². The van der Waals surface area contributed by atoms with Crippen molar-refractivity contribution in [3.8, 4) is 0 Å². The van der Waals surface area contributed by atoms with E-state index in [-0.39, 0.29) is 18.0 Å². The fraction of sp³-hybridized carbons (Fsp3) is 0.932. The van der Waals surface area contributed by atoms with Crippen LogP contribution >= 0.6 is 0 Å². The first-order valence-electron chi connectivity index (χ1n) is 22.3. The summed E-state index contributed by atoms with van der Waals surface area (Å²) in [6.07, 6.45) is 22.6. The molecule has 0 saturated carbocycles. The second-order valence-electron chi connectivity index (χ2n) is 15.2. The Morgan fingerprint density at radius 3 is 1.51 bits per heavy atom. The summed E-state index contributed by atoms with van der Waals surface area (Å²) in [5.41, 5.74) is -0.518. The highest BCUT2D eigenvalue weighted by Crippen LogP contribution is 2.18. The first-order chi connectivity index (χ1) is 26.6. The zero-order valence-corrected chi connectivity index (χ0v) is 37.1. The molecule has 1 N–H and O–H groups in total. The Hall–Kier alpha value is -1.95. The van der Waals surface area contributed by atoms with Crippen LogP contribution < -0.4 is 5.32 Å². The molecule has 0 aliphatic carbocycles. The van der Waals surface area contributed by atoms with Crippen LogP contribution in [0.15, 0.2) is 0 Å². The lowest BCUT2D eigenvalue weighted by Gasteiger charge is -2.19. The Balaban J connectivity index is 0. The fourth-order valence-corrected chi connectivity index (χ4v) is 5.74. The van der Waals surface area contributed by atoms with E-state index < -0.39 is 11.7 Å². The minimum atomic E-state index is -0.518. The normalized spacial score (nSPS) is 11.3. The summed E-state index contributed by atoms with van der Waals surface area (Å²) in [5, 5.41) is 2.64. The summed E-state index contributed by atoms with van der Waals surface area (Å²) in [6.45, 7) is 18.5. The molecule has 0 rings (SSSR count). The number of ether oxygens (including phenoxy) is 6. The number of unbranched alkanes of at least 4 members (excludes halogenated alkanes) is 14. The third-order valence-electron chi connectivity index (χ3n) is 8.85. The lowest BCUT2D eigenvalue weighted by Crippen LogP contribution is -2.34. The molecule has 0 aromatic rings. The SMILES string of the molecule is CC.CCCCCCCCC(CCCCCCCC)OC(=O)CCCCCCCN(C)C(=O)CCOCCOCCOCCOCCNC(=O)OC(C)(C)C. The van der Waals surface area contributed by atoms with Gasteiger partial charge >= 0.3 is 12.1 Å². The van der Waals surface area contributed by atoms with E-state index in [9.17, 15) is 14.4 Å². The molecule has 2 amide bonds. The average Bonchev–Trinajstić information content (AvgIpc) is 3.15. The predicted octanol–water partition coefficient (Wildman–Crippen LogP) is 10.2. The van der Waals surface area contributed by atoms with Crippen molar-refractivity contribution in [2.45, 2.75) is 195 Å². The Labute approximate surface area is 338 Å². The summed E-state index contributed by atoms with van der Waals surface area (Å²) in [4.78, 5) is 38.4. The molecule has 0 aliphatic rings. The van der Waals surface area contributed by atoms with Gasteiger partial charge in [-0.2, -0.15) is 0 Å². The van der Waals surface area contributed by atoms with Gasteiger partial charge in [0.1, 0.15) is 11.7 Å². The number of esters is 1. The van der Waals surface area contributed by atoms with E-state index in [1.54, 1.807) is 4.90 Å². The van der Waals surface area contributed by atoms with Crippen LogP contribution in [-0.2, 0) is 38.0 Å². The highest BCUT2D eigenvalue weighted by Gasteiger charge is 2.16. The molecule has 0 aromatic heterocycles. The van der Waals surface area contributed by atoms with Crippen molar-refractivity contribution >= 4 is 18.0 Å². The maximum Gasteiger partial charge on any atom is 0.407 e. The van der Waals surface area contributed by atoms with Crippen LogP contribution in [-0.4, -0.2) is 108 Å². The van der Waals surface area contributed by atoms with Gasteiger partial charge in [0.15, 0.2) is 0 Å². The van der Waals surface area contributed by atoms with E-state index in [2.05, 4.69) is 19.2 Å². The number of rotatable bonds is 38. The van der Waals surface area contributed by atoms with Gasteiger partial charge in [-0.3, -0.25) is 9.59 Å². The molecular formula is C44H88N2O9. The number of hydrogen-bond donors (Lipinski definition) is 1. The lowest BCUT2D eigenvalue weighted by atomic mass is 10.0. The maximum atomic E-state index is 12.6. The van der Waals surface area contributed by atoms with Crippen LogP contribution in [0.3, 0.4) is 0 Å². The summed E-state index contributed by atoms with van der Waals surface area (Å²) in [5.74, 6) is 0.0583. The van der Waals surface area contributed by atoms with Crippen LogP contribution in [0.5, 0.6) is 0 Å². The van der Waals surface area contributed by atoms with E-state index in [0.29, 0.717) is 72.2 Å². The third-order valence-corrected chi connectivity index (χ3v) is 8.85. The molecule has 0 aliphatic heterocycles. The van der Waals surface area contributed by atoms with E-state index >= 15 is 0 Å². The van der Waals surface area contributed by atoms with Gasteiger partial charge in [-0.1, -0.05) is 111 Å². The Morgan fingerprint density at radius 1 is 0.564 bits per heavy atom. The molecular weight excluding hydrogens is 700 g/mol. The Morgan fingerprint density at radius 2 is 1.00 bits per heavy atom. The quantitative estimate of drug-likeness (QED) is 0.0481. The molecule has 0 spiro atoms. The lowest BCUT2D eigenvalue weighted by molar-refractivity contribution is -0.150. The van der Waals surface area contributed by atoms with Gasteiger partial charge in [0.05, 0.1) is 59.3 Å². The number of alkyl carbamates (subject to hydrolysis) is 1. The minimum absolute atomic E-state index is 0.0263. The number of amides is 2. The zero-order chi connectivity index (χ0) is 41.3. The minimum Gasteiger partial charge on any atom is -0.462 e. The maximum absolute atomic E-state index is 12.6. The molecule has 0 radical (unpaired) electrons. The average molecular weight is 789 g/mol. The molecule has 55 heavy (non-hydrogen) atoms. The van der Waals surface area contributed by atoms with E-state index in [4.69, 9.17) is 28.4 Å². The van der Waals surface area contributed by atoms with Gasteiger partial charge in [0.25, 0.3) is 0 Å². The monoisotopic (exact) mass is 789 g/mol. The van der Waals surface area contributed by atoms with E-state index in [1.165, 1.54) is 64.2 Å². The summed E-state index contributed by atoms with van der Waals surface area (Å²) in [7, 11) is 1.85. The molecule has 11 heteroatoms. The molecule has 0 heterocycles. The highest BCUT2D eigenvalue weighted by atomic mass is 16.6. The van der Waals surface area contributed by atoms with Crippen LogP contribution in [0.4, 0.5) is 4.79 Å². The number of nitrogens with one attached hydrogen (secondary N) is 1. The number of hydrogen-bond acceptors (Lipinski definition) is 9. The Bertz CT molecular complexity index is 838. The predicted molar refractivity (Wildman–Crippen MR) is 225 cm³/mol. The van der Waals surface area contributed by atoms with Gasteiger partial charge in [0, 0.05) is 26.6 Å². The second-order valence-corrected chi connectivity index (χ2v) is 15.2. The van der Waals surface area contributed by atoms with Gasteiger partial charge in [-0.15, -0.1) is 0 Å². The van der Waals surface area contributed by atoms with Gasteiger partial charge < -0.3 is 38.6 Å². The largest absolute Gasteiger partial charge is 0.462 e. The van der Waals surface area contributed by atoms with Crippen molar-refractivity contribution in [3.63, 3.8) is 0 Å². The van der Waals surface area contributed by atoms with Gasteiger partial charge in [0.2, 0.25) is 5.91 Å². The van der Waals surface area contributed by atoms with Crippen molar-refractivity contribution in [2.75, 3.05) is 73.0 Å². The highest BCUT2D eigenvalue weighted by molar-refractivity contribution is 5.75. The number of nitrogens with zero attached hydrogens (tertiary/aromatic N) is 1. The van der Waals surface area contributed by atoms with Crippen LogP contribution in [0.25, 0.3) is 0 Å². The number of carbonyl (C=O) groups excluding carboxylic acids is 3. The number of carbonyl (C=O) groups is 3. The molecule has 0 atom stereocenters. The van der Waals surface area contributed by atoms with Crippen molar-refractivity contribution < 1.29 is 42.8 Å². The van der Waals surface area contributed by atoms with Gasteiger partial charge in [-0.05, 0) is 59.3 Å². The van der Waals surface area contributed by atoms with Crippen molar-refractivity contribution in [1.29, 1.82) is 0 Å². The molecule has 11 nitrogen and oxygen atoms in total. The summed E-state index contributed by atoms with van der Waals surface area (Å²) < 4.78 is 33.1. The zero-order valence-electron chi connectivity index (χ0n) is 37.1. The second kappa shape index (κ2) is 41.7. The Kier molecular flexibility index (Phi) is 41.8. The molecule has 0 fully saturated rings. The smallest absolute Gasteiger partial charge is 0.407 e. The summed E-state index contributed by atoms with van der Waals surface area (Å²) >= 11 is 0. The molecule has 328 valence electrons. The third kappa shape index (κ3) is 43.0. The van der Waals surface area contributed by atoms with Gasteiger partial charge in [-0.25, -0.2) is 4.79 Å². The molecule has 0 aromatic carbocycles. The van der Waals surface area contributed by atoms with E-state index in [0.717, 1.165) is 64.3 Å². The van der Waals surface area contributed by atoms with E-state index in [1.807, 2.05) is 41.7 Å².